The van der Waals surface area contributed by atoms with E-state index < -0.39 is 23.4 Å². The van der Waals surface area contributed by atoms with E-state index in [1.807, 2.05) is 0 Å². The Bertz CT molecular complexity index is 545. The monoisotopic (exact) mass is 279 g/mol. The third kappa shape index (κ3) is 4.08. The molecule has 0 unspecified atom stereocenters. The van der Waals surface area contributed by atoms with Crippen LogP contribution in [0.5, 0.6) is 0 Å². The van der Waals surface area contributed by atoms with Crippen molar-refractivity contribution in [2.45, 2.75) is 26.4 Å². The molecule has 0 saturated carbocycles. The molecule has 0 fully saturated rings. The summed E-state index contributed by atoms with van der Waals surface area (Å²) in [7, 11) is 1.48. The molecular formula is C14H17NO5. The van der Waals surface area contributed by atoms with Gasteiger partial charge in [-0.15, -0.1) is 0 Å². The molecule has 0 spiro atoms. The molecule has 1 aromatic carbocycles. The van der Waals surface area contributed by atoms with Crippen LogP contribution in [-0.2, 0) is 9.53 Å². The smallest absolute Gasteiger partial charge is 0.414 e. The Morgan fingerprint density at radius 3 is 2.30 bits per heavy atom. The summed E-state index contributed by atoms with van der Waals surface area (Å²) in [5.41, 5.74) is -0.253. The summed E-state index contributed by atoms with van der Waals surface area (Å²) in [6.07, 6.45) is -0.586. The number of ketones is 1. The second kappa shape index (κ2) is 5.73. The van der Waals surface area contributed by atoms with Crippen LogP contribution in [0.25, 0.3) is 0 Å². The highest BCUT2D eigenvalue weighted by Gasteiger charge is 2.22. The Morgan fingerprint density at radius 1 is 1.20 bits per heavy atom. The van der Waals surface area contributed by atoms with E-state index in [-0.39, 0.29) is 5.56 Å². The van der Waals surface area contributed by atoms with Gasteiger partial charge in [-0.2, -0.15) is 0 Å². The van der Waals surface area contributed by atoms with Crippen molar-refractivity contribution in [2.75, 3.05) is 11.9 Å². The molecule has 0 aliphatic carbocycles. The summed E-state index contributed by atoms with van der Waals surface area (Å²) in [4.78, 5) is 35.1. The second-order valence-corrected chi connectivity index (χ2v) is 5.22. The number of carboxylic acid groups (broad SMARTS) is 1. The van der Waals surface area contributed by atoms with Gasteiger partial charge in [0.05, 0.1) is 0 Å². The van der Waals surface area contributed by atoms with E-state index in [1.54, 1.807) is 26.8 Å². The fraction of sp³-hybridized carbons (Fsp3) is 0.357. The third-order valence-corrected chi connectivity index (χ3v) is 2.36. The maximum absolute atomic E-state index is 11.9. The SMILES string of the molecule is CN(C(=O)OC(C)(C)C)c1cccc(C(=O)C(=O)O)c1. The summed E-state index contributed by atoms with van der Waals surface area (Å²) in [5.74, 6) is -2.56. The van der Waals surface area contributed by atoms with Crippen molar-refractivity contribution in [2.24, 2.45) is 0 Å². The van der Waals surface area contributed by atoms with Gasteiger partial charge in [-0.25, -0.2) is 9.59 Å². The van der Waals surface area contributed by atoms with Crippen molar-refractivity contribution in [1.82, 2.24) is 0 Å². The molecule has 1 N–H and O–H groups in total. The Balaban J connectivity index is 2.97. The molecule has 1 aromatic rings. The van der Waals surface area contributed by atoms with Gasteiger partial charge >= 0.3 is 12.1 Å². The maximum Gasteiger partial charge on any atom is 0.414 e. The standard InChI is InChI=1S/C14H17NO5/c1-14(2,3)20-13(19)15(4)10-7-5-6-9(8-10)11(16)12(17)18/h5-8H,1-4H3,(H,17,18). The number of nitrogens with zero attached hydrogens (tertiary/aromatic N) is 1. The minimum absolute atomic E-state index is 0.00501. The molecule has 0 heterocycles. The molecule has 6 nitrogen and oxygen atoms in total. The number of rotatable bonds is 3. The molecule has 108 valence electrons. The zero-order valence-electron chi connectivity index (χ0n) is 11.8. The fourth-order valence-corrected chi connectivity index (χ4v) is 1.42. The van der Waals surface area contributed by atoms with Gasteiger partial charge < -0.3 is 9.84 Å². The number of ether oxygens (including phenoxy) is 1. The first-order valence-corrected chi connectivity index (χ1v) is 5.96. The van der Waals surface area contributed by atoms with Crippen LogP contribution in [0, 0.1) is 0 Å². The Morgan fingerprint density at radius 2 is 1.80 bits per heavy atom. The quantitative estimate of drug-likeness (QED) is 0.678. The predicted octanol–water partition coefficient (Wildman–Crippen LogP) is 2.33. The van der Waals surface area contributed by atoms with Crippen LogP contribution in [0.15, 0.2) is 24.3 Å². The number of carbonyl (C=O) groups is 3. The molecule has 20 heavy (non-hydrogen) atoms. The molecule has 0 aliphatic rings. The highest BCUT2D eigenvalue weighted by Crippen LogP contribution is 2.18. The Kier molecular flexibility index (Phi) is 4.49. The van der Waals surface area contributed by atoms with Gasteiger partial charge in [0, 0.05) is 18.3 Å². The van der Waals surface area contributed by atoms with E-state index in [0.717, 1.165) is 0 Å². The summed E-state index contributed by atoms with van der Waals surface area (Å²) < 4.78 is 5.19. The van der Waals surface area contributed by atoms with Gasteiger partial charge in [0.2, 0.25) is 0 Å². The van der Waals surface area contributed by atoms with E-state index in [9.17, 15) is 14.4 Å². The number of hydrogen-bond donors (Lipinski definition) is 1. The van der Waals surface area contributed by atoms with Gasteiger partial charge in [-0.3, -0.25) is 9.69 Å². The van der Waals surface area contributed by atoms with Gasteiger partial charge in [-0.1, -0.05) is 12.1 Å². The Hall–Kier alpha value is -2.37. The van der Waals surface area contributed by atoms with Crippen molar-refractivity contribution in [3.05, 3.63) is 29.8 Å². The molecule has 0 bridgehead atoms. The largest absolute Gasteiger partial charge is 0.475 e. The van der Waals surface area contributed by atoms with Crippen molar-refractivity contribution in [1.29, 1.82) is 0 Å². The number of carbonyl (C=O) groups excluding carboxylic acids is 2. The van der Waals surface area contributed by atoms with Gasteiger partial charge in [-0.05, 0) is 32.9 Å². The molecule has 1 rings (SSSR count). The van der Waals surface area contributed by atoms with Crippen LogP contribution >= 0.6 is 0 Å². The average Bonchev–Trinajstić information content (AvgIpc) is 2.35. The first-order chi connectivity index (χ1) is 9.11. The predicted molar refractivity (Wildman–Crippen MR) is 73.0 cm³/mol. The lowest BCUT2D eigenvalue weighted by molar-refractivity contribution is -0.131. The van der Waals surface area contributed by atoms with Crippen LogP contribution in [0.4, 0.5) is 10.5 Å². The van der Waals surface area contributed by atoms with Crippen LogP contribution in [0.1, 0.15) is 31.1 Å². The molecule has 0 saturated heterocycles. The molecule has 6 heteroatoms. The summed E-state index contributed by atoms with van der Waals surface area (Å²) in [6.45, 7) is 5.22. The number of hydrogen-bond acceptors (Lipinski definition) is 4. The first-order valence-electron chi connectivity index (χ1n) is 5.96. The van der Waals surface area contributed by atoms with Crippen molar-refractivity contribution >= 4 is 23.5 Å². The lowest BCUT2D eigenvalue weighted by Gasteiger charge is -2.24. The lowest BCUT2D eigenvalue weighted by Crippen LogP contribution is -2.34. The molecule has 0 radical (unpaired) electrons. The topological polar surface area (TPSA) is 83.9 Å². The fourth-order valence-electron chi connectivity index (χ4n) is 1.42. The normalized spacial score (nSPS) is 10.8. The van der Waals surface area contributed by atoms with Crippen LogP contribution in [0.3, 0.4) is 0 Å². The zero-order chi connectivity index (χ0) is 15.5. The van der Waals surface area contributed by atoms with E-state index in [2.05, 4.69) is 0 Å². The van der Waals surface area contributed by atoms with Crippen LogP contribution in [-0.4, -0.2) is 35.6 Å². The number of Topliss-reactive ketones (excluding diaryl/α,β-unsaturated/α-hetero) is 1. The molecule has 0 atom stereocenters. The summed E-state index contributed by atoms with van der Waals surface area (Å²) >= 11 is 0. The van der Waals surface area contributed by atoms with Crippen molar-refractivity contribution < 1.29 is 24.2 Å². The minimum Gasteiger partial charge on any atom is -0.475 e. The highest BCUT2D eigenvalue weighted by molar-refractivity contribution is 6.40. The van der Waals surface area contributed by atoms with E-state index >= 15 is 0 Å². The number of amides is 1. The Labute approximate surface area is 117 Å². The molecule has 1 amide bonds. The minimum atomic E-state index is -1.54. The highest BCUT2D eigenvalue weighted by atomic mass is 16.6. The second-order valence-electron chi connectivity index (χ2n) is 5.22. The van der Waals surface area contributed by atoms with E-state index in [1.165, 1.54) is 30.1 Å². The zero-order valence-corrected chi connectivity index (χ0v) is 11.8. The lowest BCUT2D eigenvalue weighted by atomic mass is 10.1. The number of aliphatic carboxylic acids is 1. The number of anilines is 1. The van der Waals surface area contributed by atoms with E-state index in [0.29, 0.717) is 5.69 Å². The summed E-state index contributed by atoms with van der Waals surface area (Å²) in [6, 6.07) is 5.80. The maximum atomic E-state index is 11.9. The van der Waals surface area contributed by atoms with Gasteiger partial charge in [0.15, 0.2) is 0 Å². The van der Waals surface area contributed by atoms with Gasteiger partial charge in [0.25, 0.3) is 5.78 Å². The number of benzene rings is 1. The molecular weight excluding hydrogens is 262 g/mol. The molecule has 0 aromatic heterocycles. The van der Waals surface area contributed by atoms with Gasteiger partial charge in [0.1, 0.15) is 5.60 Å². The number of carboxylic acids is 1. The third-order valence-electron chi connectivity index (χ3n) is 2.36. The van der Waals surface area contributed by atoms with Crippen LogP contribution < -0.4 is 4.90 Å². The van der Waals surface area contributed by atoms with E-state index in [4.69, 9.17) is 9.84 Å². The van der Waals surface area contributed by atoms with Crippen molar-refractivity contribution in [3.63, 3.8) is 0 Å². The molecule has 0 aliphatic heterocycles. The first kappa shape index (κ1) is 15.7. The average molecular weight is 279 g/mol. The summed E-state index contributed by atoms with van der Waals surface area (Å²) in [5, 5.41) is 8.67. The van der Waals surface area contributed by atoms with Crippen LogP contribution in [0.2, 0.25) is 0 Å². The van der Waals surface area contributed by atoms with Crippen molar-refractivity contribution in [3.8, 4) is 0 Å².